The Bertz CT molecular complexity index is 746. The Kier molecular flexibility index (Phi) is 5.48. The maximum absolute atomic E-state index is 12.5. The van der Waals surface area contributed by atoms with E-state index in [-0.39, 0.29) is 5.91 Å². The second-order valence-electron chi connectivity index (χ2n) is 7.17. The van der Waals surface area contributed by atoms with Crippen LogP contribution in [0.1, 0.15) is 30.8 Å². The average Bonchev–Trinajstić information content (AvgIpc) is 2.83. The quantitative estimate of drug-likeness (QED) is 0.923. The summed E-state index contributed by atoms with van der Waals surface area (Å²) in [6.45, 7) is 8.77. The third kappa shape index (κ3) is 4.07. The molecular weight excluding hydrogens is 314 g/mol. The summed E-state index contributed by atoms with van der Waals surface area (Å²) in [5, 5.41) is 13.5. The summed E-state index contributed by atoms with van der Waals surface area (Å²) in [4.78, 5) is 17.1. The number of anilines is 1. The van der Waals surface area contributed by atoms with Gasteiger partial charge in [0.15, 0.2) is 11.5 Å². The maximum atomic E-state index is 12.5. The Morgan fingerprint density at radius 2 is 1.88 bits per heavy atom. The van der Waals surface area contributed by atoms with E-state index in [0.29, 0.717) is 18.2 Å². The van der Waals surface area contributed by atoms with Crippen LogP contribution >= 0.6 is 0 Å². The molecule has 0 atom stereocenters. The van der Waals surface area contributed by atoms with E-state index in [2.05, 4.69) is 46.2 Å². The molecule has 0 saturated carbocycles. The minimum Gasteiger partial charge on any atom is -0.353 e. The highest BCUT2D eigenvalue weighted by Crippen LogP contribution is 2.26. The van der Waals surface area contributed by atoms with Crippen molar-refractivity contribution in [2.75, 3.05) is 44.7 Å². The lowest BCUT2D eigenvalue weighted by molar-refractivity contribution is 0.0945. The van der Waals surface area contributed by atoms with E-state index in [1.807, 2.05) is 24.3 Å². The molecule has 6 nitrogen and oxygen atoms in total. The van der Waals surface area contributed by atoms with Crippen LogP contribution in [0.25, 0.3) is 10.8 Å². The molecule has 25 heavy (non-hydrogen) atoms. The number of likely N-dealkylation sites (N-methyl/N-ethyl adjacent to an activating group) is 1. The van der Waals surface area contributed by atoms with Crippen molar-refractivity contribution in [2.45, 2.75) is 20.3 Å². The van der Waals surface area contributed by atoms with Crippen LogP contribution in [0.5, 0.6) is 0 Å². The summed E-state index contributed by atoms with van der Waals surface area (Å²) in [7, 11) is 2.15. The SMILES string of the molecule is CC(C)CNC(=O)c1nnc(N2CCCN(C)CC2)c2ccccc12. The fraction of sp³-hybridized carbons (Fsp3) is 0.526. The number of nitrogens with zero attached hydrogens (tertiary/aromatic N) is 4. The molecule has 1 fully saturated rings. The summed E-state index contributed by atoms with van der Waals surface area (Å²) in [6, 6.07) is 7.94. The topological polar surface area (TPSA) is 61.4 Å². The lowest BCUT2D eigenvalue weighted by atomic mass is 10.1. The van der Waals surface area contributed by atoms with Crippen molar-refractivity contribution in [2.24, 2.45) is 5.92 Å². The van der Waals surface area contributed by atoms with Gasteiger partial charge in [-0.25, -0.2) is 0 Å². The molecule has 0 radical (unpaired) electrons. The zero-order chi connectivity index (χ0) is 17.8. The largest absolute Gasteiger partial charge is 0.353 e. The highest BCUT2D eigenvalue weighted by molar-refractivity contribution is 6.07. The van der Waals surface area contributed by atoms with Gasteiger partial charge in [-0.05, 0) is 25.9 Å². The van der Waals surface area contributed by atoms with Gasteiger partial charge in [-0.3, -0.25) is 4.79 Å². The molecule has 2 aromatic rings. The summed E-state index contributed by atoms with van der Waals surface area (Å²) in [5.74, 6) is 1.13. The number of fused-ring (bicyclic) bond motifs is 1. The first-order valence-corrected chi connectivity index (χ1v) is 9.03. The third-order valence-corrected chi connectivity index (χ3v) is 4.57. The normalized spacial score (nSPS) is 16.2. The number of carbonyl (C=O) groups is 1. The van der Waals surface area contributed by atoms with Crippen molar-refractivity contribution in [3.05, 3.63) is 30.0 Å². The molecule has 0 bridgehead atoms. The number of aromatic nitrogens is 2. The van der Waals surface area contributed by atoms with E-state index in [4.69, 9.17) is 0 Å². The molecule has 3 rings (SSSR count). The Balaban J connectivity index is 1.94. The van der Waals surface area contributed by atoms with Gasteiger partial charge in [0.25, 0.3) is 5.91 Å². The molecule has 1 amide bonds. The van der Waals surface area contributed by atoms with Gasteiger partial charge in [0, 0.05) is 37.0 Å². The van der Waals surface area contributed by atoms with Crippen molar-refractivity contribution in [1.82, 2.24) is 20.4 Å². The zero-order valence-electron chi connectivity index (χ0n) is 15.3. The molecule has 1 saturated heterocycles. The first-order valence-electron chi connectivity index (χ1n) is 9.03. The molecule has 134 valence electrons. The highest BCUT2D eigenvalue weighted by Gasteiger charge is 2.20. The van der Waals surface area contributed by atoms with Crippen LogP contribution in [0.4, 0.5) is 5.82 Å². The minimum absolute atomic E-state index is 0.153. The zero-order valence-corrected chi connectivity index (χ0v) is 15.3. The number of carbonyl (C=O) groups excluding carboxylic acids is 1. The first-order chi connectivity index (χ1) is 12.1. The highest BCUT2D eigenvalue weighted by atomic mass is 16.1. The van der Waals surface area contributed by atoms with Crippen LogP contribution in [0.2, 0.25) is 0 Å². The minimum atomic E-state index is -0.153. The second-order valence-corrected chi connectivity index (χ2v) is 7.17. The van der Waals surface area contributed by atoms with E-state index >= 15 is 0 Å². The van der Waals surface area contributed by atoms with Gasteiger partial charge in [-0.15, -0.1) is 10.2 Å². The molecule has 2 heterocycles. The van der Waals surface area contributed by atoms with Crippen LogP contribution in [0.15, 0.2) is 24.3 Å². The Labute approximate surface area is 149 Å². The summed E-state index contributed by atoms with van der Waals surface area (Å²) in [5.41, 5.74) is 0.409. The van der Waals surface area contributed by atoms with E-state index in [1.54, 1.807) is 0 Å². The summed E-state index contributed by atoms with van der Waals surface area (Å²) >= 11 is 0. The Morgan fingerprint density at radius 3 is 2.64 bits per heavy atom. The van der Waals surface area contributed by atoms with Crippen LogP contribution < -0.4 is 10.2 Å². The number of amides is 1. The van der Waals surface area contributed by atoms with Gasteiger partial charge in [0.2, 0.25) is 0 Å². The Morgan fingerprint density at radius 1 is 1.12 bits per heavy atom. The molecule has 1 aliphatic rings. The molecule has 1 N–H and O–H groups in total. The molecule has 1 aromatic heterocycles. The fourth-order valence-corrected chi connectivity index (χ4v) is 3.13. The van der Waals surface area contributed by atoms with Gasteiger partial charge in [0.05, 0.1) is 0 Å². The van der Waals surface area contributed by atoms with Crippen molar-refractivity contribution in [3.63, 3.8) is 0 Å². The van der Waals surface area contributed by atoms with Crippen molar-refractivity contribution >= 4 is 22.5 Å². The molecular formula is C19H27N5O. The lowest BCUT2D eigenvalue weighted by Crippen LogP contribution is -2.31. The van der Waals surface area contributed by atoms with Crippen LogP contribution in [0.3, 0.4) is 0 Å². The average molecular weight is 341 g/mol. The van der Waals surface area contributed by atoms with Crippen molar-refractivity contribution in [1.29, 1.82) is 0 Å². The molecule has 6 heteroatoms. The molecule has 1 aromatic carbocycles. The molecule has 0 aliphatic carbocycles. The molecule has 1 aliphatic heterocycles. The Hall–Kier alpha value is -2.21. The van der Waals surface area contributed by atoms with Gasteiger partial charge >= 0.3 is 0 Å². The summed E-state index contributed by atoms with van der Waals surface area (Å²) in [6.07, 6.45) is 1.10. The van der Waals surface area contributed by atoms with Gasteiger partial charge in [-0.2, -0.15) is 0 Å². The standard InChI is InChI=1S/C19H27N5O/c1-14(2)13-20-19(25)17-15-7-4-5-8-16(15)18(22-21-17)24-10-6-9-23(3)11-12-24/h4-5,7-8,14H,6,9-13H2,1-3H3,(H,20,25). The molecule has 0 spiro atoms. The smallest absolute Gasteiger partial charge is 0.272 e. The van der Waals surface area contributed by atoms with Gasteiger partial charge in [0.1, 0.15) is 0 Å². The number of nitrogens with one attached hydrogen (secondary N) is 1. The monoisotopic (exact) mass is 341 g/mol. The fourth-order valence-electron chi connectivity index (χ4n) is 3.13. The molecule has 0 unspecified atom stereocenters. The van der Waals surface area contributed by atoms with E-state index in [0.717, 1.165) is 49.2 Å². The predicted octanol–water partition coefficient (Wildman–Crippen LogP) is 2.16. The van der Waals surface area contributed by atoms with Gasteiger partial charge in [-0.1, -0.05) is 38.1 Å². The first kappa shape index (κ1) is 17.6. The number of hydrogen-bond donors (Lipinski definition) is 1. The third-order valence-electron chi connectivity index (χ3n) is 4.57. The van der Waals surface area contributed by atoms with Crippen LogP contribution in [-0.4, -0.2) is 60.8 Å². The number of rotatable bonds is 4. The number of hydrogen-bond acceptors (Lipinski definition) is 5. The van der Waals surface area contributed by atoms with E-state index < -0.39 is 0 Å². The van der Waals surface area contributed by atoms with Crippen LogP contribution in [0, 0.1) is 5.92 Å². The van der Waals surface area contributed by atoms with Crippen molar-refractivity contribution in [3.8, 4) is 0 Å². The number of benzene rings is 1. The second kappa shape index (κ2) is 7.78. The van der Waals surface area contributed by atoms with E-state index in [9.17, 15) is 4.79 Å². The van der Waals surface area contributed by atoms with Gasteiger partial charge < -0.3 is 15.1 Å². The maximum Gasteiger partial charge on any atom is 0.272 e. The predicted molar refractivity (Wildman–Crippen MR) is 101 cm³/mol. The van der Waals surface area contributed by atoms with Crippen molar-refractivity contribution < 1.29 is 4.79 Å². The summed E-state index contributed by atoms with van der Waals surface area (Å²) < 4.78 is 0. The van der Waals surface area contributed by atoms with E-state index in [1.165, 1.54) is 0 Å². The lowest BCUT2D eigenvalue weighted by Gasteiger charge is -2.23. The van der Waals surface area contributed by atoms with Crippen LogP contribution in [-0.2, 0) is 0 Å².